The standard InChI is InChI=1S/C22H15F3N4O/c1-28-21-8-13(23)7-15(16(21)9-27-28)12-5-18(24)17(19(25)6-12)10-29-11-20-14(22(29)30)3-2-4-26-20/h2-9H,10-11H2,1H3. The molecule has 4 aromatic rings. The van der Waals surface area contributed by atoms with Crippen molar-refractivity contribution < 1.29 is 18.0 Å². The van der Waals surface area contributed by atoms with Crippen LogP contribution < -0.4 is 0 Å². The van der Waals surface area contributed by atoms with Crippen molar-refractivity contribution in [1.82, 2.24) is 19.7 Å². The highest BCUT2D eigenvalue weighted by atomic mass is 19.1. The average molecular weight is 408 g/mol. The van der Waals surface area contributed by atoms with E-state index in [1.54, 1.807) is 25.4 Å². The summed E-state index contributed by atoms with van der Waals surface area (Å²) in [6, 6.07) is 8.15. The van der Waals surface area contributed by atoms with Gasteiger partial charge in [-0.15, -0.1) is 0 Å². The maximum absolute atomic E-state index is 14.9. The van der Waals surface area contributed by atoms with E-state index in [2.05, 4.69) is 10.1 Å². The summed E-state index contributed by atoms with van der Waals surface area (Å²) in [5, 5.41) is 4.68. The molecule has 0 fully saturated rings. The van der Waals surface area contributed by atoms with Gasteiger partial charge in [-0.05, 0) is 47.5 Å². The number of rotatable bonds is 3. The third kappa shape index (κ3) is 2.83. The lowest BCUT2D eigenvalue weighted by Gasteiger charge is -2.17. The molecule has 30 heavy (non-hydrogen) atoms. The number of benzene rings is 2. The fourth-order valence-corrected chi connectivity index (χ4v) is 3.86. The van der Waals surface area contributed by atoms with Crippen LogP contribution in [0.2, 0.25) is 0 Å². The van der Waals surface area contributed by atoms with Crippen LogP contribution in [0.3, 0.4) is 0 Å². The highest BCUT2D eigenvalue weighted by Crippen LogP contribution is 2.33. The Balaban J connectivity index is 1.52. The predicted octanol–water partition coefficient (Wildman–Crippen LogP) is 4.21. The lowest BCUT2D eigenvalue weighted by Crippen LogP contribution is -2.24. The van der Waals surface area contributed by atoms with Crippen LogP contribution in [0.5, 0.6) is 0 Å². The Hall–Kier alpha value is -3.68. The lowest BCUT2D eigenvalue weighted by molar-refractivity contribution is 0.0763. The van der Waals surface area contributed by atoms with Gasteiger partial charge in [-0.25, -0.2) is 13.2 Å². The summed E-state index contributed by atoms with van der Waals surface area (Å²) in [6.07, 6.45) is 3.10. The van der Waals surface area contributed by atoms with Crippen molar-refractivity contribution in [3.63, 3.8) is 0 Å². The van der Waals surface area contributed by atoms with Gasteiger partial charge in [0, 0.05) is 24.2 Å². The Morgan fingerprint density at radius 3 is 2.57 bits per heavy atom. The van der Waals surface area contributed by atoms with Crippen molar-refractivity contribution in [2.45, 2.75) is 13.1 Å². The maximum atomic E-state index is 14.9. The summed E-state index contributed by atoms with van der Waals surface area (Å²) in [7, 11) is 1.66. The molecule has 0 atom stereocenters. The summed E-state index contributed by atoms with van der Waals surface area (Å²) < 4.78 is 45.4. The molecule has 3 heterocycles. The molecule has 2 aromatic heterocycles. The van der Waals surface area contributed by atoms with E-state index in [0.29, 0.717) is 27.7 Å². The van der Waals surface area contributed by atoms with E-state index in [0.717, 1.165) is 12.1 Å². The number of amides is 1. The second kappa shape index (κ2) is 6.69. The number of carbonyl (C=O) groups excluding carboxylic acids is 1. The van der Waals surface area contributed by atoms with Crippen molar-refractivity contribution >= 4 is 16.8 Å². The first-order chi connectivity index (χ1) is 14.4. The summed E-state index contributed by atoms with van der Waals surface area (Å²) in [5.74, 6) is -2.45. The third-order valence-electron chi connectivity index (χ3n) is 5.38. The zero-order chi connectivity index (χ0) is 21.0. The number of carbonyl (C=O) groups is 1. The number of hydrogen-bond acceptors (Lipinski definition) is 3. The second-order valence-corrected chi connectivity index (χ2v) is 7.23. The third-order valence-corrected chi connectivity index (χ3v) is 5.38. The number of pyridine rings is 1. The smallest absolute Gasteiger partial charge is 0.256 e. The van der Waals surface area contributed by atoms with Crippen LogP contribution in [-0.4, -0.2) is 25.6 Å². The van der Waals surface area contributed by atoms with E-state index in [1.165, 1.54) is 27.9 Å². The number of aromatic nitrogens is 3. The van der Waals surface area contributed by atoms with Gasteiger partial charge < -0.3 is 4.90 Å². The van der Waals surface area contributed by atoms with Gasteiger partial charge in [0.05, 0.1) is 36.1 Å². The fourth-order valence-electron chi connectivity index (χ4n) is 3.86. The van der Waals surface area contributed by atoms with E-state index < -0.39 is 17.5 Å². The largest absolute Gasteiger partial charge is 0.328 e. The van der Waals surface area contributed by atoms with Crippen LogP contribution in [0.1, 0.15) is 21.6 Å². The lowest BCUT2D eigenvalue weighted by atomic mass is 9.99. The van der Waals surface area contributed by atoms with Crippen molar-refractivity contribution in [2.24, 2.45) is 7.05 Å². The zero-order valence-corrected chi connectivity index (χ0v) is 15.9. The van der Waals surface area contributed by atoms with Crippen molar-refractivity contribution in [3.05, 3.63) is 83.1 Å². The Morgan fingerprint density at radius 2 is 1.83 bits per heavy atom. The van der Waals surface area contributed by atoms with Crippen molar-refractivity contribution in [1.29, 1.82) is 0 Å². The molecule has 0 saturated heterocycles. The molecule has 0 radical (unpaired) electrons. The molecule has 0 aliphatic carbocycles. The number of aryl methyl sites for hydroxylation is 1. The molecule has 5 rings (SSSR count). The normalized spacial score (nSPS) is 13.3. The van der Waals surface area contributed by atoms with Crippen LogP contribution in [0, 0.1) is 17.5 Å². The molecule has 8 heteroatoms. The minimum atomic E-state index is -0.803. The summed E-state index contributed by atoms with van der Waals surface area (Å²) in [4.78, 5) is 18.0. The first-order valence-corrected chi connectivity index (χ1v) is 9.25. The molecule has 5 nitrogen and oxygen atoms in total. The van der Waals surface area contributed by atoms with Crippen LogP contribution in [0.15, 0.2) is 48.8 Å². The van der Waals surface area contributed by atoms with Crippen LogP contribution >= 0.6 is 0 Å². The van der Waals surface area contributed by atoms with Gasteiger partial charge in [0.25, 0.3) is 5.91 Å². The summed E-state index contributed by atoms with van der Waals surface area (Å²) in [5.41, 5.74) is 1.86. The van der Waals surface area contributed by atoms with E-state index in [-0.39, 0.29) is 30.1 Å². The van der Waals surface area contributed by atoms with E-state index >= 15 is 0 Å². The van der Waals surface area contributed by atoms with Crippen LogP contribution in [-0.2, 0) is 20.1 Å². The number of nitrogens with zero attached hydrogens (tertiary/aromatic N) is 4. The molecular formula is C22H15F3N4O. The van der Waals surface area contributed by atoms with E-state index in [1.807, 2.05) is 0 Å². The second-order valence-electron chi connectivity index (χ2n) is 7.23. The topological polar surface area (TPSA) is 51.0 Å². The highest BCUT2D eigenvalue weighted by molar-refractivity contribution is 5.98. The van der Waals surface area contributed by atoms with Gasteiger partial charge in [0.15, 0.2) is 0 Å². The van der Waals surface area contributed by atoms with Crippen molar-refractivity contribution in [3.8, 4) is 11.1 Å². The van der Waals surface area contributed by atoms with Gasteiger partial charge in [0.2, 0.25) is 0 Å². The molecule has 1 amide bonds. The minimum absolute atomic E-state index is 0.190. The van der Waals surface area contributed by atoms with E-state index in [4.69, 9.17) is 0 Å². The van der Waals surface area contributed by atoms with Gasteiger partial charge in [-0.2, -0.15) is 5.10 Å². The summed E-state index contributed by atoms with van der Waals surface area (Å²) in [6.45, 7) is -0.0333. The molecule has 0 unspecified atom stereocenters. The summed E-state index contributed by atoms with van der Waals surface area (Å²) >= 11 is 0. The first-order valence-electron chi connectivity index (χ1n) is 9.25. The van der Waals surface area contributed by atoms with Gasteiger partial charge in [-0.3, -0.25) is 14.5 Å². The number of fused-ring (bicyclic) bond motifs is 2. The number of halogens is 3. The van der Waals surface area contributed by atoms with Gasteiger partial charge in [-0.1, -0.05) is 0 Å². The fraction of sp³-hybridized carbons (Fsp3) is 0.136. The predicted molar refractivity (Wildman–Crippen MR) is 104 cm³/mol. The van der Waals surface area contributed by atoms with Crippen molar-refractivity contribution in [2.75, 3.05) is 0 Å². The van der Waals surface area contributed by atoms with Crippen LogP contribution in [0.25, 0.3) is 22.0 Å². The highest BCUT2D eigenvalue weighted by Gasteiger charge is 2.29. The Morgan fingerprint density at radius 1 is 1.07 bits per heavy atom. The Kier molecular flexibility index (Phi) is 4.09. The van der Waals surface area contributed by atoms with E-state index in [9.17, 15) is 18.0 Å². The van der Waals surface area contributed by atoms with Crippen LogP contribution in [0.4, 0.5) is 13.2 Å². The molecule has 1 aliphatic rings. The molecular weight excluding hydrogens is 393 g/mol. The number of hydrogen-bond donors (Lipinski definition) is 0. The molecule has 1 aliphatic heterocycles. The van der Waals surface area contributed by atoms with Gasteiger partial charge >= 0.3 is 0 Å². The first kappa shape index (κ1) is 18.4. The maximum Gasteiger partial charge on any atom is 0.256 e. The molecule has 0 saturated carbocycles. The SMILES string of the molecule is Cn1ncc2c(-c3cc(F)c(CN4Cc5ncccc5C4=O)c(F)c3)cc(F)cc21. The Bertz CT molecular complexity index is 1310. The molecule has 150 valence electrons. The van der Waals surface area contributed by atoms with Gasteiger partial charge in [0.1, 0.15) is 17.5 Å². The zero-order valence-electron chi connectivity index (χ0n) is 15.9. The monoisotopic (exact) mass is 408 g/mol. The quantitative estimate of drug-likeness (QED) is 0.510. The molecule has 2 aromatic carbocycles. The molecule has 0 N–H and O–H groups in total. The minimum Gasteiger partial charge on any atom is -0.328 e. The molecule has 0 bridgehead atoms. The molecule has 0 spiro atoms. The average Bonchev–Trinajstić information content (AvgIpc) is 3.24. The Labute approximate surface area is 169 Å².